The topological polar surface area (TPSA) is 92.7 Å². The van der Waals surface area contributed by atoms with Gasteiger partial charge in [0.25, 0.3) is 0 Å². The number of anilines is 4. The Morgan fingerprint density at radius 2 is 2.08 bits per heavy atom. The third-order valence-corrected chi connectivity index (χ3v) is 6.83. The maximum absolute atomic E-state index is 13.4. The number of aryl methyl sites for hydroxylation is 2. The number of phenols is 1. The van der Waals surface area contributed by atoms with Gasteiger partial charge in [-0.05, 0) is 73.9 Å². The summed E-state index contributed by atoms with van der Waals surface area (Å²) in [6.45, 7) is 4.26. The lowest BCUT2D eigenvalue weighted by Gasteiger charge is -2.15. The second kappa shape index (κ2) is 11.1. The number of aromatic hydroxyl groups is 1. The van der Waals surface area contributed by atoms with Crippen LogP contribution in [0.25, 0.3) is 0 Å². The number of carbonyl (C=O) groups is 1. The molecule has 2 aliphatic rings. The van der Waals surface area contributed by atoms with E-state index in [9.17, 15) is 9.90 Å². The molecule has 1 unspecified atom stereocenters. The van der Waals surface area contributed by atoms with Crippen molar-refractivity contribution in [1.82, 2.24) is 4.98 Å². The number of aromatic nitrogens is 1. The van der Waals surface area contributed by atoms with Crippen LogP contribution in [0.15, 0.2) is 48.7 Å². The summed E-state index contributed by atoms with van der Waals surface area (Å²) in [6.07, 6.45) is 7.48. The molecule has 0 amide bonds. The Labute approximate surface area is 211 Å². The van der Waals surface area contributed by atoms with Gasteiger partial charge in [-0.3, -0.25) is 4.79 Å². The number of ether oxygens (including phenoxy) is 2. The number of pyridine rings is 1. The lowest BCUT2D eigenvalue weighted by molar-refractivity contribution is 0.0162. The van der Waals surface area contributed by atoms with Gasteiger partial charge in [0.05, 0.1) is 24.0 Å². The minimum Gasteiger partial charge on any atom is -0.508 e. The molecule has 1 atom stereocenters. The van der Waals surface area contributed by atoms with E-state index in [2.05, 4.69) is 27.8 Å². The molecular formula is C29H33N3O4. The summed E-state index contributed by atoms with van der Waals surface area (Å²) in [5.74, 6) is 0.712. The SMILES string of the molecule is Cc1ccc(O)cc1Nc1ccnc2c1C(=O)Cc1cc(CCCCOCC3CCCO3)ccc1N2. The molecule has 36 heavy (non-hydrogen) atoms. The van der Waals surface area contributed by atoms with Crippen molar-refractivity contribution < 1.29 is 19.4 Å². The Morgan fingerprint density at radius 1 is 1.17 bits per heavy atom. The molecule has 2 aromatic carbocycles. The second-order valence-electron chi connectivity index (χ2n) is 9.59. The highest BCUT2D eigenvalue weighted by atomic mass is 16.5. The fourth-order valence-electron chi connectivity index (χ4n) is 4.82. The molecule has 1 saturated heterocycles. The van der Waals surface area contributed by atoms with Crippen LogP contribution in [0.3, 0.4) is 0 Å². The van der Waals surface area contributed by atoms with Crippen LogP contribution in [0, 0.1) is 6.92 Å². The highest BCUT2D eigenvalue weighted by Crippen LogP contribution is 2.35. The number of nitrogens with zero attached hydrogens (tertiary/aromatic N) is 1. The molecule has 0 bridgehead atoms. The highest BCUT2D eigenvalue weighted by molar-refractivity contribution is 6.09. The lowest BCUT2D eigenvalue weighted by atomic mass is 9.99. The van der Waals surface area contributed by atoms with Crippen LogP contribution in [0.2, 0.25) is 0 Å². The Balaban J connectivity index is 1.23. The first-order valence-electron chi connectivity index (χ1n) is 12.7. The summed E-state index contributed by atoms with van der Waals surface area (Å²) in [5, 5.41) is 16.6. The first-order chi connectivity index (χ1) is 17.6. The van der Waals surface area contributed by atoms with Crippen LogP contribution >= 0.6 is 0 Å². The number of Topliss-reactive ketones (excluding diaryl/α,β-unsaturated/α-hetero) is 1. The normalized spacial score (nSPS) is 16.7. The number of ketones is 1. The quantitative estimate of drug-likeness (QED) is 0.327. The molecule has 0 spiro atoms. The van der Waals surface area contributed by atoms with E-state index < -0.39 is 0 Å². The van der Waals surface area contributed by atoms with Gasteiger partial charge in [-0.25, -0.2) is 4.98 Å². The van der Waals surface area contributed by atoms with Crippen molar-refractivity contribution in [3.8, 4) is 5.75 Å². The van der Waals surface area contributed by atoms with E-state index >= 15 is 0 Å². The van der Waals surface area contributed by atoms with E-state index in [1.165, 1.54) is 5.56 Å². The zero-order valence-electron chi connectivity index (χ0n) is 20.7. The van der Waals surface area contributed by atoms with Gasteiger partial charge in [-0.15, -0.1) is 0 Å². The summed E-state index contributed by atoms with van der Waals surface area (Å²) in [5.41, 5.74) is 6.02. The minimum absolute atomic E-state index is 0.00402. The second-order valence-corrected chi connectivity index (χ2v) is 9.59. The number of carbonyl (C=O) groups excluding carboxylic acids is 1. The van der Waals surface area contributed by atoms with Crippen molar-refractivity contribution in [3.63, 3.8) is 0 Å². The first kappa shape index (κ1) is 24.3. The molecule has 3 N–H and O–H groups in total. The number of rotatable bonds is 9. The van der Waals surface area contributed by atoms with Crippen LogP contribution in [0.4, 0.5) is 22.9 Å². The highest BCUT2D eigenvalue weighted by Gasteiger charge is 2.24. The number of benzene rings is 2. The maximum Gasteiger partial charge on any atom is 0.173 e. The largest absolute Gasteiger partial charge is 0.508 e. The molecule has 0 aliphatic carbocycles. The number of hydrogen-bond donors (Lipinski definition) is 3. The average molecular weight is 488 g/mol. The summed E-state index contributed by atoms with van der Waals surface area (Å²) >= 11 is 0. The average Bonchev–Trinajstić information content (AvgIpc) is 3.33. The first-order valence-corrected chi connectivity index (χ1v) is 12.7. The number of phenolic OH excluding ortho intramolecular Hbond substituents is 1. The standard InChI is InChI=1S/C29H33N3O4/c1-19-7-9-22(33)17-26(19)31-25-11-12-30-29-28(25)27(34)16-21-15-20(8-10-24(21)32-29)5-2-3-13-35-18-23-6-4-14-36-23/h7-12,15,17,23,33H,2-6,13-14,16,18H2,1H3,(H2,30,31,32). The molecule has 1 aromatic heterocycles. The summed E-state index contributed by atoms with van der Waals surface area (Å²) in [6, 6.07) is 13.2. The lowest BCUT2D eigenvalue weighted by Crippen LogP contribution is -2.14. The van der Waals surface area contributed by atoms with Gasteiger partial charge < -0.3 is 25.2 Å². The maximum atomic E-state index is 13.4. The zero-order valence-corrected chi connectivity index (χ0v) is 20.7. The molecule has 3 heterocycles. The third-order valence-electron chi connectivity index (χ3n) is 6.83. The fourth-order valence-corrected chi connectivity index (χ4v) is 4.82. The van der Waals surface area contributed by atoms with Gasteiger partial charge in [-0.2, -0.15) is 0 Å². The van der Waals surface area contributed by atoms with E-state index in [0.29, 0.717) is 30.1 Å². The predicted molar refractivity (Wildman–Crippen MR) is 141 cm³/mol. The van der Waals surface area contributed by atoms with Crippen LogP contribution in [0.5, 0.6) is 5.75 Å². The molecule has 2 aliphatic heterocycles. The molecule has 7 heteroatoms. The number of unbranched alkanes of at least 4 members (excludes halogenated alkanes) is 1. The molecule has 7 nitrogen and oxygen atoms in total. The van der Waals surface area contributed by atoms with Gasteiger partial charge >= 0.3 is 0 Å². The fraction of sp³-hybridized carbons (Fsp3) is 0.379. The van der Waals surface area contributed by atoms with E-state index in [1.54, 1.807) is 24.4 Å². The van der Waals surface area contributed by atoms with Gasteiger partial charge in [0.1, 0.15) is 11.6 Å². The molecule has 0 radical (unpaired) electrons. The van der Waals surface area contributed by atoms with Crippen molar-refractivity contribution >= 4 is 28.7 Å². The van der Waals surface area contributed by atoms with Gasteiger partial charge in [-0.1, -0.05) is 18.2 Å². The molecule has 5 rings (SSSR count). The number of fused-ring (bicyclic) bond motifs is 2. The van der Waals surface area contributed by atoms with E-state index in [4.69, 9.17) is 9.47 Å². The summed E-state index contributed by atoms with van der Waals surface area (Å²) in [4.78, 5) is 17.8. The van der Waals surface area contributed by atoms with Crippen molar-refractivity contribution in [1.29, 1.82) is 0 Å². The number of nitrogens with one attached hydrogen (secondary N) is 2. The smallest absolute Gasteiger partial charge is 0.173 e. The third kappa shape index (κ3) is 5.69. The van der Waals surface area contributed by atoms with E-state index in [-0.39, 0.29) is 17.6 Å². The molecule has 0 saturated carbocycles. The van der Waals surface area contributed by atoms with Gasteiger partial charge in [0, 0.05) is 43.3 Å². The van der Waals surface area contributed by atoms with Crippen LogP contribution in [0.1, 0.15) is 52.7 Å². The van der Waals surface area contributed by atoms with Gasteiger partial charge in [0.2, 0.25) is 0 Å². The Kier molecular flexibility index (Phi) is 7.49. The van der Waals surface area contributed by atoms with Crippen molar-refractivity contribution in [2.24, 2.45) is 0 Å². The summed E-state index contributed by atoms with van der Waals surface area (Å²) in [7, 11) is 0. The van der Waals surface area contributed by atoms with Crippen LogP contribution in [-0.2, 0) is 22.3 Å². The van der Waals surface area contributed by atoms with E-state index in [1.807, 2.05) is 19.1 Å². The molecule has 188 valence electrons. The van der Waals surface area contributed by atoms with Crippen LogP contribution in [-0.4, -0.2) is 41.8 Å². The van der Waals surface area contributed by atoms with E-state index in [0.717, 1.165) is 67.8 Å². The van der Waals surface area contributed by atoms with Crippen molar-refractivity contribution in [2.75, 3.05) is 30.5 Å². The van der Waals surface area contributed by atoms with Crippen molar-refractivity contribution in [3.05, 3.63) is 70.9 Å². The Bertz CT molecular complexity index is 1240. The van der Waals surface area contributed by atoms with Gasteiger partial charge in [0.15, 0.2) is 5.78 Å². The zero-order chi connectivity index (χ0) is 24.9. The summed E-state index contributed by atoms with van der Waals surface area (Å²) < 4.78 is 11.4. The molecule has 3 aromatic rings. The predicted octanol–water partition coefficient (Wildman–Crippen LogP) is 5.84. The molecular weight excluding hydrogens is 454 g/mol. The monoisotopic (exact) mass is 487 g/mol. The van der Waals surface area contributed by atoms with Crippen molar-refractivity contribution in [2.45, 2.75) is 51.6 Å². The molecule has 1 fully saturated rings. The van der Waals surface area contributed by atoms with Crippen LogP contribution < -0.4 is 10.6 Å². The Hall–Kier alpha value is -3.42. The Morgan fingerprint density at radius 3 is 2.94 bits per heavy atom. The minimum atomic E-state index is 0.00402. The number of hydrogen-bond acceptors (Lipinski definition) is 7.